The van der Waals surface area contributed by atoms with Crippen LogP contribution in [0.4, 0.5) is 0 Å². The highest BCUT2D eigenvalue weighted by molar-refractivity contribution is 7.11. The predicted molar refractivity (Wildman–Crippen MR) is 96.0 cm³/mol. The summed E-state index contributed by atoms with van der Waals surface area (Å²) in [5.41, 5.74) is 3.15. The summed E-state index contributed by atoms with van der Waals surface area (Å²) >= 11 is 1.62. The van der Waals surface area contributed by atoms with Crippen molar-refractivity contribution in [2.45, 2.75) is 26.2 Å². The topological polar surface area (TPSA) is 43.4 Å². The van der Waals surface area contributed by atoms with E-state index < -0.39 is 11.9 Å². The molecular weight excluding hydrogens is 320 g/mol. The molecular formula is C20H20O3S. The number of carbonyl (C=O) groups excluding carboxylic acids is 2. The van der Waals surface area contributed by atoms with Gasteiger partial charge in [0, 0.05) is 10.8 Å². The predicted octanol–water partition coefficient (Wildman–Crippen LogP) is 4.38. The molecule has 3 nitrogen and oxygen atoms in total. The second-order valence-electron chi connectivity index (χ2n) is 5.95. The Morgan fingerprint density at radius 3 is 2.71 bits per heavy atom. The van der Waals surface area contributed by atoms with Crippen LogP contribution in [0, 0.1) is 12.8 Å². The highest BCUT2D eigenvalue weighted by atomic mass is 32.1. The second-order valence-corrected chi connectivity index (χ2v) is 6.89. The maximum Gasteiger partial charge on any atom is 0.317 e. The first-order valence-electron chi connectivity index (χ1n) is 8.12. The van der Waals surface area contributed by atoms with Gasteiger partial charge in [0.15, 0.2) is 5.78 Å². The lowest BCUT2D eigenvalue weighted by atomic mass is 9.73. The van der Waals surface area contributed by atoms with E-state index >= 15 is 0 Å². The molecule has 1 aliphatic rings. The van der Waals surface area contributed by atoms with E-state index in [1.54, 1.807) is 24.3 Å². The molecule has 1 aromatic heterocycles. The average Bonchev–Trinajstić information content (AvgIpc) is 3.09. The van der Waals surface area contributed by atoms with E-state index in [0.29, 0.717) is 6.42 Å². The number of benzene rings is 1. The molecule has 0 fully saturated rings. The first kappa shape index (κ1) is 16.7. The molecule has 0 radical (unpaired) electrons. The maximum atomic E-state index is 12.7. The Balaban J connectivity index is 2.04. The Bertz CT molecular complexity index is 774. The third-order valence-electron chi connectivity index (χ3n) is 4.43. The molecule has 0 spiro atoms. The fourth-order valence-corrected chi connectivity index (χ4v) is 4.07. The summed E-state index contributed by atoms with van der Waals surface area (Å²) in [7, 11) is 0. The number of aryl methyl sites for hydroxylation is 1. The smallest absolute Gasteiger partial charge is 0.317 e. The van der Waals surface area contributed by atoms with E-state index in [1.807, 2.05) is 48.7 Å². The lowest BCUT2D eigenvalue weighted by molar-refractivity contribution is -0.151. The van der Waals surface area contributed by atoms with Crippen LogP contribution in [0.2, 0.25) is 0 Å². The number of ether oxygens (including phenoxy) is 1. The summed E-state index contributed by atoms with van der Waals surface area (Å²) in [5.74, 6) is -1.51. The van der Waals surface area contributed by atoms with E-state index in [2.05, 4.69) is 0 Å². The lowest BCUT2D eigenvalue weighted by Crippen LogP contribution is -2.34. The van der Waals surface area contributed by atoms with Crippen molar-refractivity contribution in [3.05, 3.63) is 63.9 Å². The van der Waals surface area contributed by atoms with Crippen molar-refractivity contribution < 1.29 is 14.3 Å². The van der Waals surface area contributed by atoms with E-state index in [-0.39, 0.29) is 18.3 Å². The first-order chi connectivity index (χ1) is 11.6. The molecule has 2 aromatic rings. The Morgan fingerprint density at radius 1 is 1.25 bits per heavy atom. The number of thiophene rings is 1. The van der Waals surface area contributed by atoms with Crippen molar-refractivity contribution in [2.24, 2.45) is 5.92 Å². The first-order valence-corrected chi connectivity index (χ1v) is 9.00. The standard InChI is InChI=1S/C20H20O3S/c1-3-23-20(22)19-16(15-8-5-4-7-13(15)2)11-14(12-17(19)21)18-9-6-10-24-18/h4-10,12,16,19H,3,11H2,1-2H3/t16-,19+/m1/s1. The van der Waals surface area contributed by atoms with Crippen LogP contribution in [0.3, 0.4) is 0 Å². The summed E-state index contributed by atoms with van der Waals surface area (Å²) < 4.78 is 5.18. The van der Waals surface area contributed by atoms with E-state index in [9.17, 15) is 9.59 Å². The van der Waals surface area contributed by atoms with Gasteiger partial charge in [-0.15, -0.1) is 11.3 Å². The van der Waals surface area contributed by atoms with Crippen molar-refractivity contribution in [1.82, 2.24) is 0 Å². The molecule has 124 valence electrons. The minimum absolute atomic E-state index is 0.156. The highest BCUT2D eigenvalue weighted by Gasteiger charge is 2.40. The van der Waals surface area contributed by atoms with Crippen LogP contribution in [-0.2, 0) is 14.3 Å². The molecule has 0 aliphatic heterocycles. The SMILES string of the molecule is CCOC(=O)[C@@H]1C(=O)C=C(c2cccs2)C[C@@H]1c1ccccc1C. The molecule has 1 heterocycles. The summed E-state index contributed by atoms with van der Waals surface area (Å²) in [5, 5.41) is 2.00. The normalized spacial score (nSPS) is 20.6. The van der Waals surface area contributed by atoms with Gasteiger partial charge in [0.05, 0.1) is 6.61 Å². The Hall–Kier alpha value is -2.20. The zero-order valence-corrected chi connectivity index (χ0v) is 14.6. The fourth-order valence-electron chi connectivity index (χ4n) is 3.31. The average molecular weight is 340 g/mol. The maximum absolute atomic E-state index is 12.7. The number of ketones is 1. The van der Waals surface area contributed by atoms with Crippen molar-refractivity contribution in [3.63, 3.8) is 0 Å². The Kier molecular flexibility index (Phi) is 4.95. The molecule has 1 aliphatic carbocycles. The molecule has 4 heteroatoms. The molecule has 0 amide bonds. The monoisotopic (exact) mass is 340 g/mol. The van der Waals surface area contributed by atoms with Crippen molar-refractivity contribution in [2.75, 3.05) is 6.61 Å². The Morgan fingerprint density at radius 2 is 2.04 bits per heavy atom. The lowest BCUT2D eigenvalue weighted by Gasteiger charge is -2.30. The third kappa shape index (κ3) is 3.20. The summed E-state index contributed by atoms with van der Waals surface area (Å²) in [6.07, 6.45) is 2.29. The van der Waals surface area contributed by atoms with Crippen molar-refractivity contribution in [1.29, 1.82) is 0 Å². The van der Waals surface area contributed by atoms with Gasteiger partial charge in [0.1, 0.15) is 5.92 Å². The Labute approximate surface area is 146 Å². The number of rotatable bonds is 4. The number of esters is 1. The van der Waals surface area contributed by atoms with Crippen LogP contribution in [0.5, 0.6) is 0 Å². The van der Waals surface area contributed by atoms with Gasteiger partial charge in [0.25, 0.3) is 0 Å². The zero-order chi connectivity index (χ0) is 17.1. The quantitative estimate of drug-likeness (QED) is 0.613. The van der Waals surface area contributed by atoms with Gasteiger partial charge in [-0.3, -0.25) is 9.59 Å². The van der Waals surface area contributed by atoms with Gasteiger partial charge < -0.3 is 4.74 Å². The van der Waals surface area contributed by atoms with E-state index in [1.165, 1.54) is 0 Å². The largest absolute Gasteiger partial charge is 0.465 e. The molecule has 0 saturated heterocycles. The molecule has 0 saturated carbocycles. The number of carbonyl (C=O) groups is 2. The molecule has 2 atom stereocenters. The zero-order valence-electron chi connectivity index (χ0n) is 13.8. The van der Waals surface area contributed by atoms with Crippen molar-refractivity contribution in [3.8, 4) is 0 Å². The molecule has 0 N–H and O–H groups in total. The molecule has 24 heavy (non-hydrogen) atoms. The van der Waals surface area contributed by atoms with Gasteiger partial charge >= 0.3 is 5.97 Å². The van der Waals surface area contributed by atoms with Gasteiger partial charge in [-0.1, -0.05) is 30.3 Å². The molecule has 1 aromatic carbocycles. The van der Waals surface area contributed by atoms with Gasteiger partial charge in [-0.2, -0.15) is 0 Å². The molecule has 0 unspecified atom stereocenters. The number of hydrogen-bond donors (Lipinski definition) is 0. The third-order valence-corrected chi connectivity index (χ3v) is 5.38. The van der Waals surface area contributed by atoms with E-state index in [4.69, 9.17) is 4.74 Å². The summed E-state index contributed by atoms with van der Waals surface area (Å²) in [6, 6.07) is 12.0. The van der Waals surface area contributed by atoms with Crippen LogP contribution >= 0.6 is 11.3 Å². The fraction of sp³-hybridized carbons (Fsp3) is 0.300. The summed E-state index contributed by atoms with van der Waals surface area (Å²) in [6.45, 7) is 4.07. The van der Waals surface area contributed by atoms with Crippen LogP contribution < -0.4 is 0 Å². The van der Waals surface area contributed by atoms with Crippen LogP contribution in [0.15, 0.2) is 47.9 Å². The van der Waals surface area contributed by atoms with Gasteiger partial charge in [-0.25, -0.2) is 0 Å². The van der Waals surface area contributed by atoms with Crippen LogP contribution in [0.1, 0.15) is 35.3 Å². The van der Waals surface area contributed by atoms with Crippen LogP contribution in [0.25, 0.3) is 5.57 Å². The number of hydrogen-bond acceptors (Lipinski definition) is 4. The number of allylic oxidation sites excluding steroid dienone is 2. The summed E-state index contributed by atoms with van der Waals surface area (Å²) in [4.78, 5) is 26.3. The van der Waals surface area contributed by atoms with Gasteiger partial charge in [-0.05, 0) is 54.5 Å². The van der Waals surface area contributed by atoms with Crippen LogP contribution in [-0.4, -0.2) is 18.4 Å². The van der Waals surface area contributed by atoms with Crippen molar-refractivity contribution >= 4 is 28.7 Å². The second kappa shape index (κ2) is 7.14. The molecule has 0 bridgehead atoms. The highest BCUT2D eigenvalue weighted by Crippen LogP contribution is 2.42. The van der Waals surface area contributed by atoms with E-state index in [0.717, 1.165) is 21.6 Å². The van der Waals surface area contributed by atoms with Gasteiger partial charge in [0.2, 0.25) is 0 Å². The molecule has 3 rings (SSSR count). The minimum atomic E-state index is -0.755. The minimum Gasteiger partial charge on any atom is -0.465 e.